The predicted molar refractivity (Wildman–Crippen MR) is 83.9 cm³/mol. The number of carbonyl (C=O) groups is 1. The first kappa shape index (κ1) is 14.1. The van der Waals surface area contributed by atoms with Gasteiger partial charge in [0.05, 0.1) is 11.7 Å². The van der Waals surface area contributed by atoms with E-state index in [-0.39, 0.29) is 11.8 Å². The lowest BCUT2D eigenvalue weighted by atomic mass is 9.95. The number of amides is 1. The van der Waals surface area contributed by atoms with Gasteiger partial charge in [-0.1, -0.05) is 6.42 Å². The Labute approximate surface area is 124 Å². The molecule has 1 aliphatic carbocycles. The van der Waals surface area contributed by atoms with Gasteiger partial charge in [0, 0.05) is 23.5 Å². The number of fused-ring (bicyclic) bond motifs is 1. The van der Waals surface area contributed by atoms with E-state index in [4.69, 9.17) is 5.73 Å². The van der Waals surface area contributed by atoms with E-state index in [1.807, 2.05) is 29.1 Å². The van der Waals surface area contributed by atoms with E-state index in [1.54, 1.807) is 0 Å². The van der Waals surface area contributed by atoms with Gasteiger partial charge in [0.1, 0.15) is 0 Å². The highest BCUT2D eigenvalue weighted by molar-refractivity contribution is 5.95. The molecule has 0 radical (unpaired) electrons. The van der Waals surface area contributed by atoms with Gasteiger partial charge in [-0.3, -0.25) is 9.48 Å². The van der Waals surface area contributed by atoms with Crippen molar-refractivity contribution in [2.45, 2.75) is 32.7 Å². The SMILES string of the molecule is CCn1ncc2ccc(NC(=O)[C@@H]3CCC[C@@H]3CN)cc21. The minimum atomic E-state index is 0.0572. The fourth-order valence-electron chi connectivity index (χ4n) is 3.30. The third-order valence-electron chi connectivity index (χ3n) is 4.51. The maximum Gasteiger partial charge on any atom is 0.227 e. The van der Waals surface area contributed by atoms with Crippen LogP contribution in [0.1, 0.15) is 26.2 Å². The predicted octanol–water partition coefficient (Wildman–Crippen LogP) is 2.37. The Morgan fingerprint density at radius 2 is 2.33 bits per heavy atom. The minimum Gasteiger partial charge on any atom is -0.330 e. The van der Waals surface area contributed by atoms with Crippen molar-refractivity contribution in [3.05, 3.63) is 24.4 Å². The Morgan fingerprint density at radius 3 is 3.10 bits per heavy atom. The third kappa shape index (κ3) is 2.65. The molecule has 0 saturated heterocycles. The highest BCUT2D eigenvalue weighted by Gasteiger charge is 2.31. The number of aromatic nitrogens is 2. The van der Waals surface area contributed by atoms with E-state index in [0.29, 0.717) is 12.5 Å². The first-order valence-electron chi connectivity index (χ1n) is 7.69. The molecule has 0 unspecified atom stereocenters. The molecule has 2 aromatic rings. The molecule has 5 nitrogen and oxygen atoms in total. The number of hydrogen-bond donors (Lipinski definition) is 2. The zero-order chi connectivity index (χ0) is 14.8. The van der Waals surface area contributed by atoms with Gasteiger partial charge >= 0.3 is 0 Å². The van der Waals surface area contributed by atoms with E-state index in [9.17, 15) is 4.79 Å². The van der Waals surface area contributed by atoms with Crippen molar-refractivity contribution in [3.63, 3.8) is 0 Å². The van der Waals surface area contributed by atoms with Crippen molar-refractivity contribution in [1.29, 1.82) is 0 Å². The van der Waals surface area contributed by atoms with Crippen LogP contribution in [0.15, 0.2) is 24.4 Å². The zero-order valence-corrected chi connectivity index (χ0v) is 12.4. The summed E-state index contributed by atoms with van der Waals surface area (Å²) in [7, 11) is 0. The van der Waals surface area contributed by atoms with Crippen LogP contribution in [0, 0.1) is 11.8 Å². The molecule has 0 spiro atoms. The standard InChI is InChI=1S/C16H22N4O/c1-2-20-15-8-13(7-6-12(15)10-18-20)19-16(21)14-5-3-4-11(14)9-17/h6-8,10-11,14H,2-5,9,17H2,1H3,(H,19,21)/t11-,14-/m1/s1. The number of nitrogens with one attached hydrogen (secondary N) is 1. The molecule has 1 amide bonds. The summed E-state index contributed by atoms with van der Waals surface area (Å²) < 4.78 is 1.93. The summed E-state index contributed by atoms with van der Waals surface area (Å²) in [5.74, 6) is 0.488. The van der Waals surface area contributed by atoms with Crippen molar-refractivity contribution >= 4 is 22.5 Å². The van der Waals surface area contributed by atoms with Crippen LogP contribution in [0.2, 0.25) is 0 Å². The molecule has 1 aliphatic rings. The first-order chi connectivity index (χ1) is 10.2. The number of nitrogens with zero attached hydrogens (tertiary/aromatic N) is 2. The van der Waals surface area contributed by atoms with Gasteiger partial charge in [0.2, 0.25) is 5.91 Å². The molecule has 1 aromatic heterocycles. The molecule has 1 aromatic carbocycles. The number of hydrogen-bond acceptors (Lipinski definition) is 3. The van der Waals surface area contributed by atoms with Crippen LogP contribution in [0.3, 0.4) is 0 Å². The molecule has 1 heterocycles. The molecule has 2 atom stereocenters. The van der Waals surface area contributed by atoms with Gasteiger partial charge in [-0.2, -0.15) is 5.10 Å². The lowest BCUT2D eigenvalue weighted by Crippen LogP contribution is -2.29. The Kier molecular flexibility index (Phi) is 3.92. The van der Waals surface area contributed by atoms with E-state index < -0.39 is 0 Å². The maximum atomic E-state index is 12.4. The molecule has 1 saturated carbocycles. The van der Waals surface area contributed by atoms with E-state index in [0.717, 1.165) is 42.4 Å². The number of anilines is 1. The fourth-order valence-corrected chi connectivity index (χ4v) is 3.30. The molecule has 3 N–H and O–H groups in total. The van der Waals surface area contributed by atoms with Crippen LogP contribution in [0.4, 0.5) is 5.69 Å². The second-order valence-corrected chi connectivity index (χ2v) is 5.76. The number of carbonyl (C=O) groups excluding carboxylic acids is 1. The van der Waals surface area contributed by atoms with Gasteiger partial charge in [0.15, 0.2) is 0 Å². The van der Waals surface area contributed by atoms with Crippen LogP contribution < -0.4 is 11.1 Å². The largest absolute Gasteiger partial charge is 0.330 e. The highest BCUT2D eigenvalue weighted by Crippen LogP contribution is 2.32. The van der Waals surface area contributed by atoms with Crippen molar-refractivity contribution in [2.75, 3.05) is 11.9 Å². The lowest BCUT2D eigenvalue weighted by Gasteiger charge is -2.17. The normalized spacial score (nSPS) is 21.8. The smallest absolute Gasteiger partial charge is 0.227 e. The van der Waals surface area contributed by atoms with E-state index in [1.165, 1.54) is 0 Å². The summed E-state index contributed by atoms with van der Waals surface area (Å²) in [6, 6.07) is 5.93. The summed E-state index contributed by atoms with van der Waals surface area (Å²) in [6.45, 7) is 3.47. The molecule has 5 heteroatoms. The van der Waals surface area contributed by atoms with Gasteiger partial charge < -0.3 is 11.1 Å². The van der Waals surface area contributed by atoms with Crippen molar-refractivity contribution in [2.24, 2.45) is 17.6 Å². The van der Waals surface area contributed by atoms with E-state index >= 15 is 0 Å². The minimum absolute atomic E-state index is 0.0572. The van der Waals surface area contributed by atoms with Gasteiger partial charge in [-0.25, -0.2) is 0 Å². The summed E-state index contributed by atoms with van der Waals surface area (Å²) in [5.41, 5.74) is 7.65. The molecule has 112 valence electrons. The zero-order valence-electron chi connectivity index (χ0n) is 12.4. The molecular formula is C16H22N4O. The first-order valence-corrected chi connectivity index (χ1v) is 7.69. The summed E-state index contributed by atoms with van der Waals surface area (Å²) in [4.78, 5) is 12.4. The average Bonchev–Trinajstić information content (AvgIpc) is 3.13. The molecule has 1 fully saturated rings. The Hall–Kier alpha value is -1.88. The van der Waals surface area contributed by atoms with Crippen LogP contribution in [0.25, 0.3) is 10.9 Å². The van der Waals surface area contributed by atoms with E-state index in [2.05, 4.69) is 17.3 Å². The summed E-state index contributed by atoms with van der Waals surface area (Å²) in [5, 5.41) is 8.46. The fraction of sp³-hybridized carbons (Fsp3) is 0.500. The van der Waals surface area contributed by atoms with Gasteiger partial charge in [-0.15, -0.1) is 0 Å². The second kappa shape index (κ2) is 5.85. The average molecular weight is 286 g/mol. The maximum absolute atomic E-state index is 12.4. The Balaban J connectivity index is 1.79. The number of benzene rings is 1. The quantitative estimate of drug-likeness (QED) is 0.906. The van der Waals surface area contributed by atoms with Gasteiger partial charge in [-0.05, 0) is 50.4 Å². The third-order valence-corrected chi connectivity index (χ3v) is 4.51. The monoisotopic (exact) mass is 286 g/mol. The van der Waals surface area contributed by atoms with Crippen molar-refractivity contribution in [1.82, 2.24) is 9.78 Å². The Morgan fingerprint density at radius 1 is 1.48 bits per heavy atom. The number of aryl methyl sites for hydroxylation is 1. The van der Waals surface area contributed by atoms with Crippen LogP contribution in [-0.2, 0) is 11.3 Å². The number of nitrogens with two attached hydrogens (primary N) is 1. The van der Waals surface area contributed by atoms with Crippen LogP contribution >= 0.6 is 0 Å². The topological polar surface area (TPSA) is 72.9 Å². The molecule has 0 bridgehead atoms. The molecule has 3 rings (SSSR count). The number of rotatable bonds is 4. The Bertz CT molecular complexity index is 649. The molecule has 0 aliphatic heterocycles. The second-order valence-electron chi connectivity index (χ2n) is 5.76. The molecule has 21 heavy (non-hydrogen) atoms. The summed E-state index contributed by atoms with van der Waals surface area (Å²) in [6.07, 6.45) is 4.96. The highest BCUT2D eigenvalue weighted by atomic mass is 16.1. The van der Waals surface area contributed by atoms with Crippen molar-refractivity contribution < 1.29 is 4.79 Å². The summed E-state index contributed by atoms with van der Waals surface area (Å²) >= 11 is 0. The van der Waals surface area contributed by atoms with Crippen LogP contribution in [0.5, 0.6) is 0 Å². The lowest BCUT2D eigenvalue weighted by molar-refractivity contribution is -0.120. The van der Waals surface area contributed by atoms with Crippen LogP contribution in [-0.4, -0.2) is 22.2 Å². The van der Waals surface area contributed by atoms with Crippen molar-refractivity contribution in [3.8, 4) is 0 Å². The molecular weight excluding hydrogens is 264 g/mol. The van der Waals surface area contributed by atoms with Gasteiger partial charge in [0.25, 0.3) is 0 Å².